The number of hydrogen-bond acceptors (Lipinski definition) is 1. The molecule has 0 amide bonds. The molecule has 2 N–H and O–H groups in total. The van der Waals surface area contributed by atoms with Crippen molar-refractivity contribution < 1.29 is 13.2 Å². The van der Waals surface area contributed by atoms with Crippen molar-refractivity contribution in [2.24, 2.45) is 10.7 Å². The molecule has 1 saturated heterocycles. The lowest BCUT2D eigenvalue weighted by atomic mass is 10.1. The summed E-state index contributed by atoms with van der Waals surface area (Å²) in [6.45, 7) is 2.12. The Hall–Kier alpha value is -1.72. The summed E-state index contributed by atoms with van der Waals surface area (Å²) in [5.74, 6) is -3.31. The maximum Gasteiger partial charge on any atom is 0.194 e. The molecule has 0 unspecified atom stereocenters. The molecule has 6 heteroatoms. The number of guanidine groups is 1. The number of hydrogen-bond donors (Lipinski definition) is 1. The minimum atomic E-state index is -1.44. The monoisotopic (exact) mass is 299 g/mol. The molecular formula is C15H20F3N3. The van der Waals surface area contributed by atoms with Crippen LogP contribution in [0.25, 0.3) is 0 Å². The van der Waals surface area contributed by atoms with E-state index >= 15 is 0 Å². The third-order valence-corrected chi connectivity index (χ3v) is 3.65. The first-order valence-electron chi connectivity index (χ1n) is 7.26. The summed E-state index contributed by atoms with van der Waals surface area (Å²) in [4.78, 5) is 6.29. The minimum absolute atomic E-state index is 0.322. The van der Waals surface area contributed by atoms with E-state index < -0.39 is 17.5 Å². The van der Waals surface area contributed by atoms with E-state index in [2.05, 4.69) is 4.99 Å². The fourth-order valence-corrected chi connectivity index (χ4v) is 2.45. The predicted molar refractivity (Wildman–Crippen MR) is 76.6 cm³/mol. The van der Waals surface area contributed by atoms with Crippen molar-refractivity contribution in [2.45, 2.75) is 32.1 Å². The van der Waals surface area contributed by atoms with Crippen molar-refractivity contribution in [3.63, 3.8) is 0 Å². The van der Waals surface area contributed by atoms with Crippen molar-refractivity contribution in [3.8, 4) is 0 Å². The largest absolute Gasteiger partial charge is 0.370 e. The first-order valence-corrected chi connectivity index (χ1v) is 7.26. The Bertz CT molecular complexity index is 486. The highest BCUT2D eigenvalue weighted by Gasteiger charge is 2.12. The summed E-state index contributed by atoms with van der Waals surface area (Å²) < 4.78 is 39.0. The van der Waals surface area contributed by atoms with Crippen molar-refractivity contribution in [1.29, 1.82) is 0 Å². The molecule has 0 radical (unpaired) electrons. The molecule has 3 nitrogen and oxygen atoms in total. The quantitative estimate of drug-likeness (QED) is 0.530. The Kier molecular flexibility index (Phi) is 5.47. The van der Waals surface area contributed by atoms with Crippen molar-refractivity contribution in [3.05, 3.63) is 35.1 Å². The first-order chi connectivity index (χ1) is 10.1. The Labute approximate surface area is 122 Å². The zero-order chi connectivity index (χ0) is 15.2. The third kappa shape index (κ3) is 4.37. The number of aliphatic imine (C=N–C) groups is 1. The van der Waals surface area contributed by atoms with Gasteiger partial charge >= 0.3 is 0 Å². The lowest BCUT2D eigenvalue weighted by Gasteiger charge is -2.21. The fourth-order valence-electron chi connectivity index (χ4n) is 2.45. The second kappa shape index (κ2) is 7.33. The molecular weight excluding hydrogens is 279 g/mol. The summed E-state index contributed by atoms with van der Waals surface area (Å²) >= 11 is 0. The zero-order valence-corrected chi connectivity index (χ0v) is 11.9. The molecule has 1 fully saturated rings. The van der Waals surface area contributed by atoms with E-state index in [0.29, 0.717) is 24.5 Å². The SMILES string of the molecule is NC(=NCCc1cc(F)c(F)c(F)c1)N1CCCCCC1. The number of benzene rings is 1. The zero-order valence-electron chi connectivity index (χ0n) is 11.9. The molecule has 1 aliphatic rings. The third-order valence-electron chi connectivity index (χ3n) is 3.65. The molecule has 2 rings (SSSR count). The van der Waals surface area contributed by atoms with Gasteiger partial charge in [-0.25, -0.2) is 13.2 Å². The van der Waals surface area contributed by atoms with E-state index in [9.17, 15) is 13.2 Å². The van der Waals surface area contributed by atoms with Crippen molar-refractivity contribution in [1.82, 2.24) is 4.90 Å². The van der Waals surface area contributed by atoms with E-state index in [1.54, 1.807) is 0 Å². The molecule has 0 aliphatic carbocycles. The molecule has 0 aromatic heterocycles. The fraction of sp³-hybridized carbons (Fsp3) is 0.533. The van der Waals surface area contributed by atoms with Crippen molar-refractivity contribution >= 4 is 5.96 Å². The maximum atomic E-state index is 13.1. The summed E-state index contributed by atoms with van der Waals surface area (Å²) in [6.07, 6.45) is 4.94. The van der Waals surface area contributed by atoms with Gasteiger partial charge in [-0.1, -0.05) is 12.8 Å². The highest BCUT2D eigenvalue weighted by Crippen LogP contribution is 2.14. The second-order valence-electron chi connectivity index (χ2n) is 5.26. The van der Waals surface area contributed by atoms with E-state index in [1.165, 1.54) is 12.8 Å². The second-order valence-corrected chi connectivity index (χ2v) is 5.26. The Balaban J connectivity index is 1.91. The van der Waals surface area contributed by atoms with Gasteiger partial charge in [-0.05, 0) is 37.0 Å². The lowest BCUT2D eigenvalue weighted by molar-refractivity contribution is 0.428. The van der Waals surface area contributed by atoms with E-state index in [-0.39, 0.29) is 0 Å². The van der Waals surface area contributed by atoms with Gasteiger partial charge in [0, 0.05) is 19.6 Å². The summed E-state index contributed by atoms with van der Waals surface area (Å²) in [6, 6.07) is 1.99. The Morgan fingerprint density at radius 3 is 2.19 bits per heavy atom. The molecule has 0 spiro atoms. The molecule has 1 aromatic carbocycles. The highest BCUT2D eigenvalue weighted by atomic mass is 19.2. The molecule has 0 saturated carbocycles. The number of halogens is 3. The van der Waals surface area contributed by atoms with Crippen LogP contribution in [0.2, 0.25) is 0 Å². The smallest absolute Gasteiger partial charge is 0.194 e. The number of rotatable bonds is 3. The Morgan fingerprint density at radius 1 is 1.05 bits per heavy atom. The summed E-state index contributed by atoms with van der Waals surface area (Å²) in [5.41, 5.74) is 6.31. The summed E-state index contributed by atoms with van der Waals surface area (Å²) in [5, 5.41) is 0. The number of nitrogens with zero attached hydrogens (tertiary/aromatic N) is 2. The number of likely N-dealkylation sites (tertiary alicyclic amines) is 1. The van der Waals surface area contributed by atoms with Crippen LogP contribution in [0.3, 0.4) is 0 Å². The molecule has 0 bridgehead atoms. The summed E-state index contributed by atoms with van der Waals surface area (Å²) in [7, 11) is 0. The molecule has 21 heavy (non-hydrogen) atoms. The number of nitrogens with two attached hydrogens (primary N) is 1. The molecule has 1 aliphatic heterocycles. The molecule has 0 atom stereocenters. The molecule has 1 heterocycles. The van der Waals surface area contributed by atoms with Crippen LogP contribution in [0.4, 0.5) is 13.2 Å². The topological polar surface area (TPSA) is 41.6 Å². The first kappa shape index (κ1) is 15.7. The van der Waals surface area contributed by atoms with Crippen LogP contribution in [0.5, 0.6) is 0 Å². The van der Waals surface area contributed by atoms with Crippen LogP contribution in [0, 0.1) is 17.5 Å². The predicted octanol–water partition coefficient (Wildman–Crippen LogP) is 2.84. The van der Waals surface area contributed by atoms with Gasteiger partial charge in [-0.2, -0.15) is 0 Å². The molecule has 1 aromatic rings. The van der Waals surface area contributed by atoms with Gasteiger partial charge in [-0.3, -0.25) is 4.99 Å². The van der Waals surface area contributed by atoms with Crippen LogP contribution < -0.4 is 5.73 Å². The average molecular weight is 299 g/mol. The average Bonchev–Trinajstić information content (AvgIpc) is 2.73. The standard InChI is InChI=1S/C15H20F3N3/c16-12-9-11(10-13(17)14(12)18)5-6-20-15(19)21-7-3-1-2-4-8-21/h9-10H,1-8H2,(H2,19,20). The van der Waals surface area contributed by atoms with Crippen LogP contribution in [0.15, 0.2) is 17.1 Å². The van der Waals surface area contributed by atoms with Crippen LogP contribution in [-0.4, -0.2) is 30.5 Å². The van der Waals surface area contributed by atoms with Gasteiger partial charge in [-0.15, -0.1) is 0 Å². The minimum Gasteiger partial charge on any atom is -0.370 e. The maximum absolute atomic E-state index is 13.1. The molecule has 116 valence electrons. The normalized spacial score (nSPS) is 16.9. The van der Waals surface area contributed by atoms with E-state index in [0.717, 1.165) is 38.1 Å². The van der Waals surface area contributed by atoms with Gasteiger partial charge in [0.15, 0.2) is 23.4 Å². The van der Waals surface area contributed by atoms with Crippen LogP contribution in [0.1, 0.15) is 31.2 Å². The highest BCUT2D eigenvalue weighted by molar-refractivity contribution is 5.78. The van der Waals surface area contributed by atoms with E-state index in [4.69, 9.17) is 5.73 Å². The lowest BCUT2D eigenvalue weighted by Crippen LogP contribution is -2.38. The Morgan fingerprint density at radius 2 is 1.62 bits per heavy atom. The van der Waals surface area contributed by atoms with Crippen LogP contribution in [-0.2, 0) is 6.42 Å². The van der Waals surface area contributed by atoms with Gasteiger partial charge < -0.3 is 10.6 Å². The van der Waals surface area contributed by atoms with Crippen LogP contribution >= 0.6 is 0 Å². The van der Waals surface area contributed by atoms with Crippen molar-refractivity contribution in [2.75, 3.05) is 19.6 Å². The van der Waals surface area contributed by atoms with Gasteiger partial charge in [0.1, 0.15) is 0 Å². The van der Waals surface area contributed by atoms with E-state index in [1.807, 2.05) is 4.90 Å². The van der Waals surface area contributed by atoms with Gasteiger partial charge in [0.2, 0.25) is 0 Å². The van der Waals surface area contributed by atoms with Gasteiger partial charge in [0.05, 0.1) is 0 Å². The van der Waals surface area contributed by atoms with Gasteiger partial charge in [0.25, 0.3) is 0 Å².